The Kier molecular flexibility index (Phi) is 3.78. The van der Waals surface area contributed by atoms with Gasteiger partial charge in [0.2, 0.25) is 8.87 Å². The van der Waals surface area contributed by atoms with Crippen molar-refractivity contribution in [1.82, 2.24) is 0 Å². The van der Waals surface area contributed by atoms with Crippen molar-refractivity contribution < 1.29 is 18.3 Å². The van der Waals surface area contributed by atoms with E-state index < -0.39 is 8.87 Å². The highest BCUT2D eigenvalue weighted by molar-refractivity contribution is 8.72. The lowest BCUT2D eigenvalue weighted by Crippen LogP contribution is -2.18. The van der Waals surface area contributed by atoms with Crippen LogP contribution >= 0.6 is 10.8 Å². The number of Topliss-reactive ketones (excluding diaryl/α,β-unsaturated/α-hetero) is 1. The second-order valence-corrected chi connectivity index (χ2v) is 12.0. The number of phenols is 1. The molecule has 0 unspecified atom stereocenters. The van der Waals surface area contributed by atoms with Crippen molar-refractivity contribution >= 4 is 36.2 Å². The van der Waals surface area contributed by atoms with Gasteiger partial charge in [0.05, 0.1) is 10.5 Å². The third-order valence-corrected chi connectivity index (χ3v) is 10.2. The van der Waals surface area contributed by atoms with Crippen LogP contribution in [0.5, 0.6) is 5.75 Å². The Balaban J connectivity index is 1.63. The van der Waals surface area contributed by atoms with Gasteiger partial charge in [0, 0.05) is 38.3 Å². The van der Waals surface area contributed by atoms with Crippen molar-refractivity contribution in [1.29, 1.82) is 0 Å². The van der Waals surface area contributed by atoms with E-state index in [1.807, 2.05) is 12.1 Å². The summed E-state index contributed by atoms with van der Waals surface area (Å²) in [6.07, 6.45) is 5.18. The summed E-state index contributed by atoms with van der Waals surface area (Å²) in [5.41, 5.74) is 1.05. The Labute approximate surface area is 177 Å². The molecule has 1 fully saturated rings. The standard InChI is InChI=1S/C24H18O4S2/c25-22-16-8-4-5-9-17(16)24(29-30(27,28)15-6-2-1-3-7-15)20-18-13-10-11-14(12-13)19(18)23(26)21(20)22/h1-11,13-14,18-19,25H,12H2/t13-,14+,18-,19+/m1/s1. The number of hydrogen-bond donors (Lipinski definition) is 1. The summed E-state index contributed by atoms with van der Waals surface area (Å²) in [6, 6.07) is 15.6. The molecule has 0 aromatic heterocycles. The predicted molar refractivity (Wildman–Crippen MR) is 116 cm³/mol. The molecule has 1 N–H and O–H groups in total. The second kappa shape index (κ2) is 6.22. The van der Waals surface area contributed by atoms with Gasteiger partial charge in [0.1, 0.15) is 5.75 Å². The molecule has 150 valence electrons. The van der Waals surface area contributed by atoms with Gasteiger partial charge in [-0.1, -0.05) is 54.6 Å². The van der Waals surface area contributed by atoms with E-state index in [0.29, 0.717) is 21.2 Å². The zero-order valence-electron chi connectivity index (χ0n) is 15.9. The third-order valence-electron chi connectivity index (χ3n) is 6.74. The molecule has 3 aromatic rings. The summed E-state index contributed by atoms with van der Waals surface area (Å²) in [6.45, 7) is 0. The summed E-state index contributed by atoms with van der Waals surface area (Å²) in [5, 5.41) is 12.2. The number of aromatic hydroxyl groups is 1. The fourth-order valence-electron chi connectivity index (χ4n) is 5.55. The van der Waals surface area contributed by atoms with Gasteiger partial charge < -0.3 is 5.11 Å². The number of rotatable bonds is 3. The van der Waals surface area contributed by atoms with Crippen molar-refractivity contribution in [3.63, 3.8) is 0 Å². The lowest BCUT2D eigenvalue weighted by Gasteiger charge is -2.22. The van der Waals surface area contributed by atoms with Crippen LogP contribution < -0.4 is 0 Å². The number of carbonyl (C=O) groups is 1. The topological polar surface area (TPSA) is 71.4 Å². The smallest absolute Gasteiger partial charge is 0.234 e. The van der Waals surface area contributed by atoms with Gasteiger partial charge in [-0.2, -0.15) is 0 Å². The number of ketones is 1. The first kappa shape index (κ1) is 18.2. The molecule has 0 spiro atoms. The summed E-state index contributed by atoms with van der Waals surface area (Å²) >= 11 is 0. The van der Waals surface area contributed by atoms with Gasteiger partial charge in [-0.05, 0) is 36.0 Å². The molecule has 3 aliphatic rings. The van der Waals surface area contributed by atoms with E-state index >= 15 is 0 Å². The van der Waals surface area contributed by atoms with Gasteiger partial charge in [-0.3, -0.25) is 4.79 Å². The monoisotopic (exact) mass is 434 g/mol. The van der Waals surface area contributed by atoms with Gasteiger partial charge in [-0.25, -0.2) is 8.42 Å². The van der Waals surface area contributed by atoms with E-state index in [4.69, 9.17) is 0 Å². The van der Waals surface area contributed by atoms with Gasteiger partial charge >= 0.3 is 0 Å². The Morgan fingerprint density at radius 2 is 1.50 bits per heavy atom. The number of phenolic OH excluding ortho intramolecular Hbond substituents is 1. The Bertz CT molecular complexity index is 1360. The molecule has 4 atom stereocenters. The molecule has 6 heteroatoms. The molecular weight excluding hydrogens is 416 g/mol. The molecule has 4 nitrogen and oxygen atoms in total. The first-order valence-electron chi connectivity index (χ1n) is 9.97. The Morgan fingerprint density at radius 1 is 0.867 bits per heavy atom. The zero-order valence-corrected chi connectivity index (χ0v) is 17.5. The fourth-order valence-corrected chi connectivity index (χ4v) is 8.77. The van der Waals surface area contributed by atoms with E-state index in [0.717, 1.165) is 22.8 Å². The number of hydrogen-bond acceptors (Lipinski definition) is 5. The highest BCUT2D eigenvalue weighted by Gasteiger charge is 2.56. The van der Waals surface area contributed by atoms with Gasteiger partial charge in [-0.15, -0.1) is 0 Å². The van der Waals surface area contributed by atoms with Crippen LogP contribution in [0.25, 0.3) is 10.8 Å². The summed E-state index contributed by atoms with van der Waals surface area (Å²) in [5.74, 6) is 0.0634. The Hall–Kier alpha value is -2.57. The third kappa shape index (κ3) is 2.35. The summed E-state index contributed by atoms with van der Waals surface area (Å²) < 4.78 is 26.5. The minimum atomic E-state index is -3.69. The van der Waals surface area contributed by atoms with E-state index in [9.17, 15) is 18.3 Å². The molecule has 3 aromatic carbocycles. The average molecular weight is 435 g/mol. The quantitative estimate of drug-likeness (QED) is 0.457. The average Bonchev–Trinajstić information content (AvgIpc) is 3.45. The first-order chi connectivity index (χ1) is 14.5. The van der Waals surface area contributed by atoms with E-state index in [1.165, 1.54) is 0 Å². The van der Waals surface area contributed by atoms with Crippen molar-refractivity contribution in [2.45, 2.75) is 22.1 Å². The van der Waals surface area contributed by atoms with Crippen LogP contribution in [0.2, 0.25) is 0 Å². The van der Waals surface area contributed by atoms with Crippen molar-refractivity contribution in [3.05, 3.63) is 77.9 Å². The molecule has 3 aliphatic carbocycles. The number of benzene rings is 3. The van der Waals surface area contributed by atoms with Crippen molar-refractivity contribution in [3.8, 4) is 5.75 Å². The minimum Gasteiger partial charge on any atom is -0.507 e. The maximum absolute atomic E-state index is 13.4. The van der Waals surface area contributed by atoms with Crippen LogP contribution in [0.3, 0.4) is 0 Å². The highest BCUT2D eigenvalue weighted by Crippen LogP contribution is 2.63. The van der Waals surface area contributed by atoms with E-state index in [2.05, 4.69) is 12.2 Å². The summed E-state index contributed by atoms with van der Waals surface area (Å²) in [7, 11) is -2.89. The first-order valence-corrected chi connectivity index (χ1v) is 12.8. The predicted octanol–water partition coefficient (Wildman–Crippen LogP) is 5.13. The van der Waals surface area contributed by atoms with Crippen LogP contribution in [0.4, 0.5) is 0 Å². The van der Waals surface area contributed by atoms with Crippen molar-refractivity contribution in [2.24, 2.45) is 17.8 Å². The normalized spacial score (nSPS) is 26.3. The largest absolute Gasteiger partial charge is 0.507 e. The maximum Gasteiger partial charge on any atom is 0.234 e. The SMILES string of the molecule is O=C1c2c(c(SS(=O)(=O)c3ccccc3)c3ccccc3c2O)[C@H]2[C@@H]1[C@H]1C=C[C@@H]2C1. The molecule has 30 heavy (non-hydrogen) atoms. The molecule has 0 saturated heterocycles. The van der Waals surface area contributed by atoms with E-state index in [1.54, 1.807) is 42.5 Å². The molecule has 2 bridgehead atoms. The molecule has 0 heterocycles. The Morgan fingerprint density at radius 3 is 2.23 bits per heavy atom. The lowest BCUT2D eigenvalue weighted by atomic mass is 9.83. The molecule has 6 rings (SSSR count). The highest BCUT2D eigenvalue weighted by atomic mass is 33.1. The second-order valence-electron chi connectivity index (χ2n) is 8.23. The van der Waals surface area contributed by atoms with E-state index in [-0.39, 0.29) is 40.1 Å². The van der Waals surface area contributed by atoms with Crippen molar-refractivity contribution in [2.75, 3.05) is 0 Å². The van der Waals surface area contributed by atoms with Crippen LogP contribution in [0, 0.1) is 17.8 Å². The van der Waals surface area contributed by atoms with Gasteiger partial charge in [0.25, 0.3) is 0 Å². The number of fused-ring (bicyclic) bond motifs is 8. The maximum atomic E-state index is 13.4. The minimum absolute atomic E-state index is 0.0131. The molecule has 1 saturated carbocycles. The van der Waals surface area contributed by atoms with Crippen LogP contribution in [-0.2, 0) is 8.87 Å². The molecule has 0 radical (unpaired) electrons. The molecular formula is C24H18O4S2. The molecule has 0 aliphatic heterocycles. The van der Waals surface area contributed by atoms with Crippen LogP contribution in [-0.4, -0.2) is 19.3 Å². The van der Waals surface area contributed by atoms with Gasteiger partial charge in [0.15, 0.2) is 5.78 Å². The molecule has 0 amide bonds. The van der Waals surface area contributed by atoms with Crippen LogP contribution in [0.1, 0.15) is 28.3 Å². The fraction of sp³-hybridized carbons (Fsp3) is 0.208. The number of allylic oxidation sites excluding steroid dienone is 2. The van der Waals surface area contributed by atoms with Crippen LogP contribution in [0.15, 0.2) is 76.5 Å². The zero-order chi connectivity index (χ0) is 20.6. The lowest BCUT2D eigenvalue weighted by molar-refractivity contribution is 0.0909. The number of carbonyl (C=O) groups excluding carboxylic acids is 1. The summed E-state index contributed by atoms with van der Waals surface area (Å²) in [4.78, 5) is 14.2.